The number of nitrogen functional groups attached to an aromatic ring is 1. The summed E-state index contributed by atoms with van der Waals surface area (Å²) in [6.07, 6.45) is 6.91. The zero-order chi connectivity index (χ0) is 28.7. The van der Waals surface area contributed by atoms with E-state index in [0.29, 0.717) is 35.3 Å². The van der Waals surface area contributed by atoms with Crippen molar-refractivity contribution < 1.29 is 32.2 Å². The minimum Gasteiger partial charge on any atom is -0.479 e. The summed E-state index contributed by atoms with van der Waals surface area (Å²) in [4.78, 5) is 16.8. The molecule has 3 N–H and O–H groups in total. The van der Waals surface area contributed by atoms with Gasteiger partial charge in [0.15, 0.2) is 21.1 Å². The van der Waals surface area contributed by atoms with Crippen LogP contribution in [0.15, 0.2) is 47.8 Å². The number of benzene rings is 1. The maximum Gasteiger partial charge on any atom is 0.335 e. The van der Waals surface area contributed by atoms with Crippen molar-refractivity contribution >= 4 is 27.3 Å². The molecule has 12 nitrogen and oxygen atoms in total. The molecule has 3 aromatic heterocycles. The van der Waals surface area contributed by atoms with Gasteiger partial charge >= 0.3 is 5.97 Å². The molecule has 0 atom stereocenters. The number of hydrogen-bond acceptors (Lipinski definition) is 9. The number of carboxylic acids is 1. The maximum absolute atomic E-state index is 13.4. The van der Waals surface area contributed by atoms with E-state index in [9.17, 15) is 22.7 Å². The van der Waals surface area contributed by atoms with Crippen molar-refractivity contribution in [2.24, 2.45) is 0 Å². The third kappa shape index (κ3) is 5.05. The first-order valence-corrected chi connectivity index (χ1v) is 14.5. The van der Waals surface area contributed by atoms with Crippen molar-refractivity contribution in [1.82, 2.24) is 24.4 Å². The Morgan fingerprint density at radius 2 is 1.88 bits per heavy atom. The Bertz CT molecular complexity index is 1660. The van der Waals surface area contributed by atoms with E-state index in [-0.39, 0.29) is 54.2 Å². The molecule has 0 unspecified atom stereocenters. The molecule has 1 aromatic carbocycles. The second kappa shape index (κ2) is 10.6. The standard InChI is InChI=1S/C26H29FN6O6S/c1-38-11-12-39-26(25(34)35)9-7-16(8-10-26)21-22(40(2,36)37)23(28)33-24(31-21)20(14-30-33)17-13-29-32(15-17)19-5-3-18(27)4-6-19/h3-6,13-16H,7-12,28H2,1-2H3,(H,34,35)/t16-,26+. The number of hydrogen-bond donors (Lipinski definition) is 2. The van der Waals surface area contributed by atoms with E-state index in [1.807, 2.05) is 0 Å². The molecule has 4 aromatic rings. The van der Waals surface area contributed by atoms with E-state index in [1.165, 1.54) is 30.0 Å². The summed E-state index contributed by atoms with van der Waals surface area (Å²) < 4.78 is 52.7. The van der Waals surface area contributed by atoms with Crippen molar-refractivity contribution in [3.05, 3.63) is 54.4 Å². The van der Waals surface area contributed by atoms with Crippen molar-refractivity contribution in [2.45, 2.75) is 42.1 Å². The predicted octanol–water partition coefficient (Wildman–Crippen LogP) is 2.85. The number of fused-ring (bicyclic) bond motifs is 1. The predicted molar refractivity (Wildman–Crippen MR) is 142 cm³/mol. The van der Waals surface area contributed by atoms with Gasteiger partial charge < -0.3 is 20.3 Å². The van der Waals surface area contributed by atoms with E-state index in [4.69, 9.17) is 20.2 Å². The molecule has 1 aliphatic carbocycles. The van der Waals surface area contributed by atoms with Gasteiger partial charge in [-0.1, -0.05) is 0 Å². The van der Waals surface area contributed by atoms with Gasteiger partial charge in [0.1, 0.15) is 16.5 Å². The number of halogens is 1. The molecular weight excluding hydrogens is 543 g/mol. The van der Waals surface area contributed by atoms with Crippen LogP contribution >= 0.6 is 0 Å². The second-order valence-electron chi connectivity index (χ2n) is 9.84. The first-order chi connectivity index (χ1) is 19.0. The highest BCUT2D eigenvalue weighted by Gasteiger charge is 2.44. The number of sulfone groups is 1. The van der Waals surface area contributed by atoms with Gasteiger partial charge in [0.05, 0.1) is 37.0 Å². The number of carbonyl (C=O) groups is 1. The van der Waals surface area contributed by atoms with Crippen LogP contribution in [-0.2, 0) is 24.1 Å². The minimum atomic E-state index is -3.82. The van der Waals surface area contributed by atoms with Crippen molar-refractivity contribution in [3.63, 3.8) is 0 Å². The van der Waals surface area contributed by atoms with Crippen molar-refractivity contribution in [2.75, 3.05) is 32.3 Å². The minimum absolute atomic E-state index is 0.0777. The van der Waals surface area contributed by atoms with Crippen LogP contribution in [0.5, 0.6) is 0 Å². The Kier molecular flexibility index (Phi) is 7.33. The van der Waals surface area contributed by atoms with Crippen LogP contribution in [0.25, 0.3) is 22.5 Å². The number of nitrogens with zero attached hydrogens (tertiary/aromatic N) is 5. The normalized spacial score (nSPS) is 19.7. The summed E-state index contributed by atoms with van der Waals surface area (Å²) in [6, 6.07) is 5.85. The number of rotatable bonds is 9. The van der Waals surface area contributed by atoms with Gasteiger partial charge in [-0.05, 0) is 49.9 Å². The zero-order valence-electron chi connectivity index (χ0n) is 21.9. The molecule has 0 spiro atoms. The lowest BCUT2D eigenvalue weighted by atomic mass is 9.77. The topological polar surface area (TPSA) is 164 Å². The molecule has 1 fully saturated rings. The van der Waals surface area contributed by atoms with E-state index < -0.39 is 21.4 Å². The van der Waals surface area contributed by atoms with Crippen LogP contribution in [0.2, 0.25) is 0 Å². The third-order valence-electron chi connectivity index (χ3n) is 7.25. The summed E-state index contributed by atoms with van der Waals surface area (Å²) in [5.41, 5.74) is 7.48. The number of aromatic nitrogens is 5. The number of methoxy groups -OCH3 is 1. The second-order valence-corrected chi connectivity index (χ2v) is 11.8. The molecule has 212 valence electrons. The highest BCUT2D eigenvalue weighted by molar-refractivity contribution is 7.91. The van der Waals surface area contributed by atoms with Gasteiger partial charge in [0.25, 0.3) is 0 Å². The van der Waals surface area contributed by atoms with Crippen LogP contribution < -0.4 is 5.73 Å². The fourth-order valence-corrected chi connectivity index (χ4v) is 6.23. The SMILES string of the molecule is COCCO[C@]1(C(=O)O)CC[C@H](c2nc3c(-c4cnn(-c5ccc(F)cc5)c4)cnn3c(N)c2S(C)(=O)=O)CC1. The lowest BCUT2D eigenvalue weighted by Crippen LogP contribution is -2.45. The van der Waals surface area contributed by atoms with E-state index in [0.717, 1.165) is 6.26 Å². The Labute approximate surface area is 229 Å². The number of ether oxygens (including phenoxy) is 2. The largest absolute Gasteiger partial charge is 0.479 e. The fraction of sp³-hybridized carbons (Fsp3) is 0.385. The third-order valence-corrected chi connectivity index (χ3v) is 8.41. The Morgan fingerprint density at radius 1 is 1.18 bits per heavy atom. The molecule has 40 heavy (non-hydrogen) atoms. The van der Waals surface area contributed by atoms with Crippen LogP contribution in [0, 0.1) is 5.82 Å². The van der Waals surface area contributed by atoms with Gasteiger partial charge in [0, 0.05) is 36.6 Å². The smallest absolute Gasteiger partial charge is 0.335 e. The lowest BCUT2D eigenvalue weighted by Gasteiger charge is -2.36. The summed E-state index contributed by atoms with van der Waals surface area (Å²) in [7, 11) is -2.31. The summed E-state index contributed by atoms with van der Waals surface area (Å²) >= 11 is 0. The molecule has 0 saturated heterocycles. The van der Waals surface area contributed by atoms with E-state index in [1.54, 1.807) is 29.2 Å². The molecule has 0 bridgehead atoms. The van der Waals surface area contributed by atoms with Gasteiger partial charge in [-0.3, -0.25) is 0 Å². The zero-order valence-corrected chi connectivity index (χ0v) is 22.8. The number of nitrogens with two attached hydrogens (primary N) is 1. The summed E-state index contributed by atoms with van der Waals surface area (Å²) in [5.74, 6) is -1.88. The molecule has 1 saturated carbocycles. The molecule has 1 aliphatic rings. The number of anilines is 1. The molecular formula is C26H29FN6O6S. The Morgan fingerprint density at radius 3 is 2.50 bits per heavy atom. The van der Waals surface area contributed by atoms with Crippen molar-refractivity contribution in [3.8, 4) is 16.8 Å². The first kappa shape index (κ1) is 27.7. The van der Waals surface area contributed by atoms with E-state index in [2.05, 4.69) is 10.2 Å². The van der Waals surface area contributed by atoms with Crippen LogP contribution in [-0.4, -0.2) is 76.1 Å². The van der Waals surface area contributed by atoms with Crippen LogP contribution in [0.1, 0.15) is 37.3 Å². The first-order valence-electron chi connectivity index (χ1n) is 12.6. The van der Waals surface area contributed by atoms with Gasteiger partial charge in [0.2, 0.25) is 0 Å². The maximum atomic E-state index is 13.4. The Hall–Kier alpha value is -3.88. The van der Waals surface area contributed by atoms with Gasteiger partial charge in [-0.25, -0.2) is 27.3 Å². The number of carboxylic acid groups (broad SMARTS) is 1. The molecule has 0 amide bonds. The highest BCUT2D eigenvalue weighted by Crippen LogP contribution is 2.43. The average Bonchev–Trinajstić information content (AvgIpc) is 3.56. The fourth-order valence-electron chi connectivity index (χ4n) is 5.17. The quantitative estimate of drug-likeness (QED) is 0.285. The molecule has 0 radical (unpaired) electrons. The van der Waals surface area contributed by atoms with Gasteiger partial charge in [-0.2, -0.15) is 14.7 Å². The molecule has 5 rings (SSSR count). The molecule has 0 aliphatic heterocycles. The highest BCUT2D eigenvalue weighted by atomic mass is 32.2. The molecule has 14 heteroatoms. The molecule has 3 heterocycles. The van der Waals surface area contributed by atoms with Gasteiger partial charge in [-0.15, -0.1) is 0 Å². The summed E-state index contributed by atoms with van der Waals surface area (Å²) in [6.45, 7) is 0.386. The van der Waals surface area contributed by atoms with Crippen LogP contribution in [0.3, 0.4) is 0 Å². The van der Waals surface area contributed by atoms with Crippen molar-refractivity contribution in [1.29, 1.82) is 0 Å². The monoisotopic (exact) mass is 572 g/mol. The summed E-state index contributed by atoms with van der Waals surface area (Å²) in [5, 5.41) is 18.6. The Balaban J connectivity index is 1.54. The number of aliphatic carboxylic acids is 1. The average molecular weight is 573 g/mol. The lowest BCUT2D eigenvalue weighted by molar-refractivity contribution is -0.173. The van der Waals surface area contributed by atoms with E-state index >= 15 is 0 Å². The van der Waals surface area contributed by atoms with Crippen LogP contribution in [0.4, 0.5) is 10.2 Å².